The van der Waals surface area contributed by atoms with Crippen LogP contribution in [0.15, 0.2) is 259 Å². The van der Waals surface area contributed by atoms with Crippen LogP contribution in [0.2, 0.25) is 0 Å². The summed E-state index contributed by atoms with van der Waals surface area (Å²) in [5.74, 6) is 0.962. The molecular weight excluding hydrogens is 897 g/mol. The number of nitrogens with zero attached hydrogens (tertiary/aromatic N) is 2. The van der Waals surface area contributed by atoms with E-state index in [1.807, 2.05) is 0 Å². The Morgan fingerprint density at radius 2 is 0.851 bits per heavy atom. The van der Waals surface area contributed by atoms with Crippen LogP contribution < -0.4 is 9.80 Å². The Kier molecular flexibility index (Phi) is 9.88. The highest BCUT2D eigenvalue weighted by Crippen LogP contribution is 2.69. The summed E-state index contributed by atoms with van der Waals surface area (Å²) in [5, 5.41) is 4.78. The third kappa shape index (κ3) is 6.59. The molecule has 3 heteroatoms. The molecule has 0 amide bonds. The number of anilines is 6. The highest BCUT2D eigenvalue weighted by Gasteiger charge is 2.62. The molecule has 1 saturated carbocycles. The van der Waals surface area contributed by atoms with Crippen molar-refractivity contribution in [1.29, 1.82) is 0 Å². The van der Waals surface area contributed by atoms with Crippen LogP contribution >= 0.6 is 0 Å². The number of furan rings is 1. The lowest BCUT2D eigenvalue weighted by Gasteiger charge is -2.40. The minimum Gasteiger partial charge on any atom is -0.456 e. The molecule has 3 atom stereocenters. The van der Waals surface area contributed by atoms with Gasteiger partial charge in [-0.2, -0.15) is 0 Å². The maximum absolute atomic E-state index is 6.58. The smallest absolute Gasteiger partial charge is 0.137 e. The van der Waals surface area contributed by atoms with Gasteiger partial charge in [0.2, 0.25) is 0 Å². The molecule has 1 heterocycles. The fourth-order valence-electron chi connectivity index (χ4n) is 14.0. The maximum Gasteiger partial charge on any atom is 0.137 e. The van der Waals surface area contributed by atoms with Crippen molar-refractivity contribution in [2.75, 3.05) is 9.80 Å². The van der Waals surface area contributed by atoms with Crippen LogP contribution in [0.1, 0.15) is 35.1 Å². The average molecular weight is 949 g/mol. The maximum atomic E-state index is 6.58. The van der Waals surface area contributed by atoms with Crippen molar-refractivity contribution in [3.63, 3.8) is 0 Å². The van der Waals surface area contributed by atoms with Gasteiger partial charge in [-0.1, -0.05) is 182 Å². The number of hydrogen-bond donors (Lipinski definition) is 0. The van der Waals surface area contributed by atoms with E-state index in [1.54, 1.807) is 0 Å². The first-order valence-corrected chi connectivity index (χ1v) is 26.3. The summed E-state index contributed by atoms with van der Waals surface area (Å²) in [4.78, 5) is 5.08. The predicted octanol–water partition coefficient (Wildman–Crippen LogP) is 19.1. The zero-order chi connectivity index (χ0) is 48.7. The van der Waals surface area contributed by atoms with Crippen molar-refractivity contribution in [3.05, 3.63) is 277 Å². The molecule has 0 saturated heterocycles. The minimum absolute atomic E-state index is 0.183. The zero-order valence-electron chi connectivity index (χ0n) is 41.0. The summed E-state index contributed by atoms with van der Waals surface area (Å²) in [5.41, 5.74) is 22.0. The summed E-state index contributed by atoms with van der Waals surface area (Å²) in [7, 11) is 0. The molecule has 15 rings (SSSR count). The molecule has 3 aliphatic rings. The summed E-state index contributed by atoms with van der Waals surface area (Å²) in [6.45, 7) is 0. The molecule has 1 aromatic heterocycles. The van der Waals surface area contributed by atoms with E-state index in [2.05, 4.69) is 265 Å². The van der Waals surface area contributed by atoms with E-state index in [1.165, 1.54) is 90.6 Å². The second-order valence-electron chi connectivity index (χ2n) is 20.7. The normalized spacial score (nSPS) is 17.3. The fraction of sp³-hybridized carbons (Fsp3) is 0.0986. The minimum atomic E-state index is -0.183. The van der Waals surface area contributed by atoms with Crippen molar-refractivity contribution < 1.29 is 4.42 Å². The van der Waals surface area contributed by atoms with Crippen LogP contribution in [-0.4, -0.2) is 0 Å². The van der Waals surface area contributed by atoms with Crippen molar-refractivity contribution in [1.82, 2.24) is 0 Å². The van der Waals surface area contributed by atoms with Crippen LogP contribution in [0.3, 0.4) is 0 Å². The van der Waals surface area contributed by atoms with E-state index >= 15 is 0 Å². The molecule has 0 aliphatic heterocycles. The first-order valence-electron chi connectivity index (χ1n) is 26.3. The molecule has 3 unspecified atom stereocenters. The molecule has 1 fully saturated rings. The van der Waals surface area contributed by atoms with E-state index in [0.29, 0.717) is 11.8 Å². The molecule has 0 bridgehead atoms. The van der Waals surface area contributed by atoms with E-state index in [0.717, 1.165) is 57.5 Å². The number of rotatable bonds is 9. The molecule has 352 valence electrons. The Bertz CT molecular complexity index is 4080. The lowest BCUT2D eigenvalue weighted by molar-refractivity contribution is 0.350. The van der Waals surface area contributed by atoms with Crippen molar-refractivity contribution >= 4 is 66.8 Å². The average Bonchev–Trinajstić information content (AvgIpc) is 4.21. The standard InChI is InChI=1S/C71H52N2O/c1-4-16-47(17-5-1)48-30-32-51(33-31-48)68-60-25-11-10-18-49(60)36-42-61(68)50-34-39-58(40-35-50)72(56-21-6-2-7-22-56)64-27-14-19-52-44-54-37-38-55-45-53-20-15-28-65(70(53)71(54,55)69(52)64)73(57-23-8-3-9-24-57)59-41-43-63-62-26-12-13-29-66(62)74-67(63)46-59/h1-36,39-43,46,54-55H,37-38,44-45H2. The highest BCUT2D eigenvalue weighted by atomic mass is 16.3. The van der Waals surface area contributed by atoms with Gasteiger partial charge in [0, 0.05) is 45.0 Å². The molecule has 74 heavy (non-hydrogen) atoms. The van der Waals surface area contributed by atoms with Gasteiger partial charge in [-0.3, -0.25) is 0 Å². The molecule has 12 aromatic rings. The third-order valence-corrected chi connectivity index (χ3v) is 16.9. The number of benzene rings is 11. The number of para-hydroxylation sites is 3. The van der Waals surface area contributed by atoms with E-state index in [4.69, 9.17) is 4.42 Å². The second kappa shape index (κ2) is 17.1. The van der Waals surface area contributed by atoms with Gasteiger partial charge in [0.15, 0.2) is 0 Å². The van der Waals surface area contributed by atoms with E-state index in [-0.39, 0.29) is 5.41 Å². The Morgan fingerprint density at radius 3 is 1.51 bits per heavy atom. The monoisotopic (exact) mass is 948 g/mol. The number of fused-ring (bicyclic) bond motifs is 6. The molecule has 1 spiro atoms. The molecule has 0 N–H and O–H groups in total. The zero-order valence-corrected chi connectivity index (χ0v) is 41.0. The van der Waals surface area contributed by atoms with Gasteiger partial charge >= 0.3 is 0 Å². The third-order valence-electron chi connectivity index (χ3n) is 16.9. The fourth-order valence-corrected chi connectivity index (χ4v) is 14.0. The molecule has 3 aliphatic carbocycles. The van der Waals surface area contributed by atoms with Gasteiger partial charge in [-0.25, -0.2) is 0 Å². The van der Waals surface area contributed by atoms with Crippen molar-refractivity contribution in [3.8, 4) is 33.4 Å². The Morgan fingerprint density at radius 1 is 0.351 bits per heavy atom. The van der Waals surface area contributed by atoms with Crippen LogP contribution in [-0.2, 0) is 18.3 Å². The quantitative estimate of drug-likeness (QED) is 0.144. The SMILES string of the molecule is c1ccc(-c2ccc(-c3c(-c4ccc(N(c5ccccc5)c5cccc6c5C57c8c(cccc8N(c8ccccc8)c8ccc9c(c8)oc8ccccc89)CC5CCC7C6)cc4)ccc4ccccc34)cc2)cc1. The van der Waals surface area contributed by atoms with E-state index in [9.17, 15) is 0 Å². The van der Waals surface area contributed by atoms with Crippen molar-refractivity contribution in [2.45, 2.75) is 31.1 Å². The molecule has 0 radical (unpaired) electrons. The molecule has 11 aromatic carbocycles. The van der Waals surface area contributed by atoms with Crippen LogP contribution in [0.25, 0.3) is 66.1 Å². The number of hydrogen-bond acceptors (Lipinski definition) is 3. The predicted molar refractivity (Wildman–Crippen MR) is 308 cm³/mol. The van der Waals surface area contributed by atoms with Gasteiger partial charge < -0.3 is 14.2 Å². The van der Waals surface area contributed by atoms with Gasteiger partial charge in [-0.05, 0) is 171 Å². The first-order chi connectivity index (χ1) is 36.7. The van der Waals surface area contributed by atoms with Crippen LogP contribution in [0, 0.1) is 11.8 Å². The van der Waals surface area contributed by atoms with Crippen molar-refractivity contribution in [2.24, 2.45) is 11.8 Å². The topological polar surface area (TPSA) is 19.6 Å². The van der Waals surface area contributed by atoms with E-state index < -0.39 is 0 Å². The van der Waals surface area contributed by atoms with Crippen LogP contribution in [0.5, 0.6) is 0 Å². The Labute approximate surface area is 432 Å². The molecule has 3 nitrogen and oxygen atoms in total. The lowest BCUT2D eigenvalue weighted by Crippen LogP contribution is -2.34. The summed E-state index contributed by atoms with van der Waals surface area (Å²) in [6, 6.07) is 94.1. The van der Waals surface area contributed by atoms with Gasteiger partial charge in [0.1, 0.15) is 11.2 Å². The summed E-state index contributed by atoms with van der Waals surface area (Å²) >= 11 is 0. The largest absolute Gasteiger partial charge is 0.456 e. The Balaban J connectivity index is 0.884. The Hall–Kier alpha value is -8.92. The molecular formula is C71H52N2O. The highest BCUT2D eigenvalue weighted by molar-refractivity contribution is 6.07. The second-order valence-corrected chi connectivity index (χ2v) is 20.7. The van der Waals surface area contributed by atoms with Gasteiger partial charge in [-0.15, -0.1) is 0 Å². The summed E-state index contributed by atoms with van der Waals surface area (Å²) in [6.07, 6.45) is 4.57. The van der Waals surface area contributed by atoms with Gasteiger partial charge in [0.05, 0.1) is 11.4 Å². The summed E-state index contributed by atoms with van der Waals surface area (Å²) < 4.78 is 6.58. The van der Waals surface area contributed by atoms with Crippen LogP contribution in [0.4, 0.5) is 34.1 Å². The first kappa shape index (κ1) is 42.7. The van der Waals surface area contributed by atoms with Gasteiger partial charge in [0.25, 0.3) is 0 Å². The lowest BCUT2D eigenvalue weighted by atomic mass is 9.68.